The molecule has 0 bridgehead atoms. The van der Waals surface area contributed by atoms with Gasteiger partial charge < -0.3 is 19.7 Å². The Bertz CT molecular complexity index is 775. The van der Waals surface area contributed by atoms with Crippen LogP contribution in [0, 0.1) is 0 Å². The van der Waals surface area contributed by atoms with Crippen molar-refractivity contribution in [2.24, 2.45) is 0 Å². The summed E-state index contributed by atoms with van der Waals surface area (Å²) in [6, 6.07) is 8.98. The van der Waals surface area contributed by atoms with E-state index >= 15 is 0 Å². The highest BCUT2D eigenvalue weighted by molar-refractivity contribution is 5.94. The summed E-state index contributed by atoms with van der Waals surface area (Å²) in [5.74, 6) is 0.0776. The number of rotatable bonds is 5. The molecule has 1 aliphatic heterocycles. The number of hydrogen-bond acceptors (Lipinski definition) is 5. The second-order valence-corrected chi connectivity index (χ2v) is 5.94. The van der Waals surface area contributed by atoms with Crippen molar-refractivity contribution in [3.63, 3.8) is 0 Å². The van der Waals surface area contributed by atoms with Crippen molar-refractivity contribution in [2.45, 2.75) is 19.3 Å². The minimum Gasteiger partial charge on any atom is -0.406 e. The Kier molecular flexibility index (Phi) is 5.80. The topological polar surface area (TPSA) is 63.7 Å². The van der Waals surface area contributed by atoms with Crippen LogP contribution in [-0.4, -0.2) is 42.0 Å². The van der Waals surface area contributed by atoms with E-state index in [0.29, 0.717) is 30.1 Å². The Hall–Kier alpha value is -2.81. The second kappa shape index (κ2) is 8.26. The smallest absolute Gasteiger partial charge is 0.406 e. The van der Waals surface area contributed by atoms with Gasteiger partial charge in [0, 0.05) is 19.3 Å². The highest BCUT2D eigenvalue weighted by Crippen LogP contribution is 2.23. The number of nitrogens with zero attached hydrogens (tertiary/aromatic N) is 2. The molecule has 0 saturated carbocycles. The zero-order valence-electron chi connectivity index (χ0n) is 14.3. The summed E-state index contributed by atoms with van der Waals surface area (Å²) in [6.45, 7) is 1.83. The number of halogens is 3. The van der Waals surface area contributed by atoms with Gasteiger partial charge in [0.2, 0.25) is 0 Å². The minimum absolute atomic E-state index is 0.147. The van der Waals surface area contributed by atoms with Crippen LogP contribution >= 0.6 is 0 Å². The van der Waals surface area contributed by atoms with Gasteiger partial charge in [-0.3, -0.25) is 4.79 Å². The first-order chi connectivity index (χ1) is 12.9. The predicted octanol–water partition coefficient (Wildman–Crippen LogP) is 3.41. The normalized spacial score (nSPS) is 14.7. The summed E-state index contributed by atoms with van der Waals surface area (Å²) >= 11 is 0. The number of carbonyl (C=O) groups is 1. The molecule has 1 amide bonds. The molecule has 6 nitrogen and oxygen atoms in total. The van der Waals surface area contributed by atoms with Gasteiger partial charge in [0.05, 0.1) is 12.2 Å². The molecule has 1 aromatic carbocycles. The highest BCUT2D eigenvalue weighted by atomic mass is 19.4. The van der Waals surface area contributed by atoms with Crippen LogP contribution < -0.4 is 10.1 Å². The SMILES string of the molecule is O=C(c1ccc(NCc2cccc(OC(F)(F)F)c2)nc1)N1CCCOC1. The van der Waals surface area contributed by atoms with Gasteiger partial charge in [-0.15, -0.1) is 13.2 Å². The van der Waals surface area contributed by atoms with Crippen LogP contribution in [0.1, 0.15) is 22.3 Å². The summed E-state index contributed by atoms with van der Waals surface area (Å²) in [6.07, 6.45) is -2.46. The van der Waals surface area contributed by atoms with E-state index in [4.69, 9.17) is 4.74 Å². The molecular weight excluding hydrogens is 363 g/mol. The maximum atomic E-state index is 12.3. The number of pyridine rings is 1. The van der Waals surface area contributed by atoms with Crippen LogP contribution in [0.25, 0.3) is 0 Å². The molecule has 144 valence electrons. The molecule has 1 aromatic heterocycles. The van der Waals surface area contributed by atoms with Crippen molar-refractivity contribution in [2.75, 3.05) is 25.2 Å². The summed E-state index contributed by atoms with van der Waals surface area (Å²) < 4.78 is 46.0. The lowest BCUT2D eigenvalue weighted by atomic mass is 10.2. The van der Waals surface area contributed by atoms with Gasteiger partial charge in [-0.2, -0.15) is 0 Å². The van der Waals surface area contributed by atoms with Crippen molar-refractivity contribution in [3.05, 3.63) is 53.7 Å². The summed E-state index contributed by atoms with van der Waals surface area (Å²) in [5, 5.41) is 3.00. The molecule has 1 N–H and O–H groups in total. The number of hydrogen-bond donors (Lipinski definition) is 1. The Morgan fingerprint density at radius 2 is 2.15 bits per heavy atom. The molecule has 1 aliphatic rings. The first-order valence-corrected chi connectivity index (χ1v) is 8.32. The van der Waals surface area contributed by atoms with E-state index in [1.165, 1.54) is 24.4 Å². The summed E-state index contributed by atoms with van der Waals surface area (Å²) in [5.41, 5.74) is 1.05. The van der Waals surface area contributed by atoms with Gasteiger partial charge in [-0.1, -0.05) is 12.1 Å². The fraction of sp³-hybridized carbons (Fsp3) is 0.333. The van der Waals surface area contributed by atoms with Crippen molar-refractivity contribution >= 4 is 11.7 Å². The molecule has 0 unspecified atom stereocenters. The number of aromatic nitrogens is 1. The van der Waals surface area contributed by atoms with Crippen molar-refractivity contribution < 1.29 is 27.4 Å². The average molecular weight is 381 g/mol. The van der Waals surface area contributed by atoms with E-state index in [1.807, 2.05) is 0 Å². The van der Waals surface area contributed by atoms with Crippen LogP contribution in [0.15, 0.2) is 42.6 Å². The number of amides is 1. The quantitative estimate of drug-likeness (QED) is 0.860. The first kappa shape index (κ1) is 19.0. The van der Waals surface area contributed by atoms with E-state index < -0.39 is 6.36 Å². The molecule has 27 heavy (non-hydrogen) atoms. The molecule has 2 heterocycles. The Morgan fingerprint density at radius 1 is 1.30 bits per heavy atom. The minimum atomic E-state index is -4.73. The molecule has 0 spiro atoms. The second-order valence-electron chi connectivity index (χ2n) is 5.94. The molecule has 1 fully saturated rings. The number of alkyl halides is 3. The fourth-order valence-corrected chi connectivity index (χ4v) is 2.61. The summed E-state index contributed by atoms with van der Waals surface area (Å²) in [7, 11) is 0. The van der Waals surface area contributed by atoms with Crippen molar-refractivity contribution in [3.8, 4) is 5.75 Å². The molecule has 3 rings (SSSR count). The molecule has 2 aromatic rings. The maximum Gasteiger partial charge on any atom is 0.573 e. The van der Waals surface area contributed by atoms with Gasteiger partial charge in [-0.25, -0.2) is 4.98 Å². The number of nitrogens with one attached hydrogen (secondary N) is 1. The standard InChI is InChI=1S/C18H18F3N3O3/c19-18(20,21)27-15-4-1-3-13(9-15)10-22-16-6-5-14(11-23-16)17(25)24-7-2-8-26-12-24/h1,3-6,9,11H,2,7-8,10,12H2,(H,22,23). The lowest BCUT2D eigenvalue weighted by Gasteiger charge is -2.26. The molecule has 0 atom stereocenters. The van der Waals surface area contributed by atoms with Crippen LogP contribution in [0.5, 0.6) is 5.75 Å². The van der Waals surface area contributed by atoms with Crippen LogP contribution in [0.2, 0.25) is 0 Å². The maximum absolute atomic E-state index is 12.3. The molecule has 9 heteroatoms. The third kappa shape index (κ3) is 5.58. The highest BCUT2D eigenvalue weighted by Gasteiger charge is 2.31. The molecular formula is C18H18F3N3O3. The predicted molar refractivity (Wildman–Crippen MR) is 91.2 cm³/mol. The third-order valence-corrected chi connectivity index (χ3v) is 3.87. The van der Waals surface area contributed by atoms with Crippen LogP contribution in [-0.2, 0) is 11.3 Å². The summed E-state index contributed by atoms with van der Waals surface area (Å²) in [4.78, 5) is 18.1. The van der Waals surface area contributed by atoms with Crippen molar-refractivity contribution in [1.29, 1.82) is 0 Å². The van der Waals surface area contributed by atoms with Crippen LogP contribution in [0.3, 0.4) is 0 Å². The average Bonchev–Trinajstić information content (AvgIpc) is 2.66. The van der Waals surface area contributed by atoms with Crippen molar-refractivity contribution in [1.82, 2.24) is 9.88 Å². The number of carbonyl (C=O) groups excluding carboxylic acids is 1. The molecule has 0 radical (unpaired) electrons. The van der Waals surface area contributed by atoms with E-state index in [2.05, 4.69) is 15.0 Å². The van der Waals surface area contributed by atoms with Gasteiger partial charge >= 0.3 is 6.36 Å². The van der Waals surface area contributed by atoms with E-state index in [9.17, 15) is 18.0 Å². The Morgan fingerprint density at radius 3 is 2.81 bits per heavy atom. The van der Waals surface area contributed by atoms with Gasteiger partial charge in [0.25, 0.3) is 5.91 Å². The molecule has 1 saturated heterocycles. The largest absolute Gasteiger partial charge is 0.573 e. The molecule has 0 aliphatic carbocycles. The fourth-order valence-electron chi connectivity index (χ4n) is 2.61. The Labute approximate surface area is 153 Å². The van der Waals surface area contributed by atoms with Gasteiger partial charge in [0.15, 0.2) is 0 Å². The zero-order valence-corrected chi connectivity index (χ0v) is 14.3. The van der Waals surface area contributed by atoms with E-state index in [1.54, 1.807) is 23.1 Å². The third-order valence-electron chi connectivity index (χ3n) is 3.87. The van der Waals surface area contributed by atoms with Gasteiger partial charge in [0.1, 0.15) is 18.3 Å². The lowest BCUT2D eigenvalue weighted by Crippen LogP contribution is -2.38. The Balaban J connectivity index is 1.57. The number of benzene rings is 1. The van der Waals surface area contributed by atoms with E-state index in [-0.39, 0.29) is 24.9 Å². The van der Waals surface area contributed by atoms with Gasteiger partial charge in [-0.05, 0) is 36.2 Å². The van der Waals surface area contributed by atoms with Crippen LogP contribution in [0.4, 0.5) is 19.0 Å². The zero-order chi connectivity index (χ0) is 19.3. The number of ether oxygens (including phenoxy) is 2. The first-order valence-electron chi connectivity index (χ1n) is 8.32. The van der Waals surface area contributed by atoms with E-state index in [0.717, 1.165) is 6.42 Å². The lowest BCUT2D eigenvalue weighted by molar-refractivity contribution is -0.274. The number of anilines is 1. The monoisotopic (exact) mass is 381 g/mol.